The van der Waals surface area contributed by atoms with Crippen molar-refractivity contribution in [1.29, 1.82) is 5.26 Å². The second-order valence-corrected chi connectivity index (χ2v) is 4.42. The molecule has 102 valence electrons. The molecule has 2 aromatic rings. The van der Waals surface area contributed by atoms with Gasteiger partial charge in [-0.1, -0.05) is 12.1 Å². The van der Waals surface area contributed by atoms with Gasteiger partial charge in [0.15, 0.2) is 0 Å². The van der Waals surface area contributed by atoms with Crippen LogP contribution in [0.1, 0.15) is 17.5 Å². The fourth-order valence-corrected chi connectivity index (χ4v) is 1.83. The average Bonchev–Trinajstić information content (AvgIpc) is 2.47. The molecule has 5 nitrogen and oxygen atoms in total. The zero-order valence-electron chi connectivity index (χ0n) is 11.2. The van der Waals surface area contributed by atoms with E-state index in [-0.39, 0.29) is 5.69 Å². The summed E-state index contributed by atoms with van der Waals surface area (Å²) in [7, 11) is 0. The van der Waals surface area contributed by atoms with Gasteiger partial charge in [-0.05, 0) is 31.0 Å². The first kappa shape index (κ1) is 13.8. The van der Waals surface area contributed by atoms with Crippen LogP contribution in [0.5, 0.6) is 5.75 Å². The highest BCUT2D eigenvalue weighted by Crippen LogP contribution is 2.16. The quantitative estimate of drug-likeness (QED) is 0.777. The summed E-state index contributed by atoms with van der Waals surface area (Å²) in [6, 6.07) is 9.18. The van der Waals surface area contributed by atoms with E-state index in [0.29, 0.717) is 30.9 Å². The number of aryl methyl sites for hydroxylation is 2. The Balaban J connectivity index is 1.90. The second kappa shape index (κ2) is 6.53. The van der Waals surface area contributed by atoms with Crippen molar-refractivity contribution >= 4 is 0 Å². The number of hydrogen-bond acceptors (Lipinski definition) is 4. The van der Waals surface area contributed by atoms with Crippen LogP contribution in [0.4, 0.5) is 0 Å². The molecule has 0 amide bonds. The largest absolute Gasteiger partial charge is 0.492 e. The van der Waals surface area contributed by atoms with Gasteiger partial charge in [0.05, 0.1) is 12.2 Å². The second-order valence-electron chi connectivity index (χ2n) is 4.42. The lowest BCUT2D eigenvalue weighted by Crippen LogP contribution is -2.23. The van der Waals surface area contributed by atoms with E-state index in [1.54, 1.807) is 35.2 Å². The van der Waals surface area contributed by atoms with Crippen molar-refractivity contribution in [3.05, 3.63) is 58.3 Å². The number of ether oxygens (including phenoxy) is 1. The molecule has 0 unspecified atom stereocenters. The van der Waals surface area contributed by atoms with Crippen LogP contribution in [0, 0.1) is 18.3 Å². The van der Waals surface area contributed by atoms with Crippen molar-refractivity contribution in [1.82, 2.24) is 9.55 Å². The van der Waals surface area contributed by atoms with Gasteiger partial charge in [0, 0.05) is 18.9 Å². The Bertz CT molecular complexity index is 686. The minimum atomic E-state index is -0.256. The van der Waals surface area contributed by atoms with Crippen molar-refractivity contribution in [2.24, 2.45) is 0 Å². The predicted octanol–water partition coefficient (Wildman–Crippen LogP) is 1.89. The lowest BCUT2D eigenvalue weighted by atomic mass is 10.2. The van der Waals surface area contributed by atoms with Crippen molar-refractivity contribution in [2.45, 2.75) is 19.9 Å². The summed E-state index contributed by atoms with van der Waals surface area (Å²) in [4.78, 5) is 15.3. The Morgan fingerprint density at radius 3 is 3.00 bits per heavy atom. The SMILES string of the molecule is Cc1cnc(=O)n(CCCOc2ccccc2C#N)c1. The number of nitriles is 1. The molecule has 20 heavy (non-hydrogen) atoms. The van der Waals surface area contributed by atoms with E-state index < -0.39 is 0 Å². The van der Waals surface area contributed by atoms with E-state index >= 15 is 0 Å². The normalized spacial score (nSPS) is 10.0. The third-order valence-corrected chi connectivity index (χ3v) is 2.79. The third-order valence-electron chi connectivity index (χ3n) is 2.79. The van der Waals surface area contributed by atoms with Gasteiger partial charge >= 0.3 is 5.69 Å². The van der Waals surface area contributed by atoms with Crippen LogP contribution in [0.15, 0.2) is 41.5 Å². The molecule has 5 heteroatoms. The molecule has 2 rings (SSSR count). The van der Waals surface area contributed by atoms with Crippen molar-refractivity contribution in [3.63, 3.8) is 0 Å². The van der Waals surface area contributed by atoms with Crippen molar-refractivity contribution in [2.75, 3.05) is 6.61 Å². The molecular formula is C15H15N3O2. The van der Waals surface area contributed by atoms with Crippen LogP contribution in [-0.2, 0) is 6.54 Å². The monoisotopic (exact) mass is 269 g/mol. The van der Waals surface area contributed by atoms with Gasteiger partial charge in [-0.25, -0.2) is 9.78 Å². The minimum Gasteiger partial charge on any atom is -0.492 e. The van der Waals surface area contributed by atoms with Crippen LogP contribution in [0.25, 0.3) is 0 Å². The Labute approximate surface area is 117 Å². The highest BCUT2D eigenvalue weighted by molar-refractivity contribution is 5.42. The summed E-state index contributed by atoms with van der Waals surface area (Å²) >= 11 is 0. The summed E-state index contributed by atoms with van der Waals surface area (Å²) in [5.74, 6) is 0.574. The number of nitrogens with zero attached hydrogens (tertiary/aromatic N) is 3. The first-order valence-corrected chi connectivity index (χ1v) is 6.36. The van der Waals surface area contributed by atoms with E-state index in [1.165, 1.54) is 0 Å². The Morgan fingerprint density at radius 2 is 2.20 bits per heavy atom. The first-order valence-electron chi connectivity index (χ1n) is 6.36. The molecule has 1 aromatic carbocycles. The van der Waals surface area contributed by atoms with Gasteiger partial charge in [0.1, 0.15) is 11.8 Å². The summed E-state index contributed by atoms with van der Waals surface area (Å²) in [6.07, 6.45) is 4.00. The molecule has 0 aliphatic carbocycles. The van der Waals surface area contributed by atoms with Gasteiger partial charge in [-0.15, -0.1) is 0 Å². The van der Waals surface area contributed by atoms with Gasteiger partial charge in [-0.3, -0.25) is 4.57 Å². The summed E-state index contributed by atoms with van der Waals surface area (Å²) in [5.41, 5.74) is 1.20. The maximum absolute atomic E-state index is 11.5. The van der Waals surface area contributed by atoms with Crippen molar-refractivity contribution in [3.8, 4) is 11.8 Å². The molecule has 0 spiro atoms. The molecule has 0 fully saturated rings. The lowest BCUT2D eigenvalue weighted by Gasteiger charge is -2.08. The first-order chi connectivity index (χ1) is 9.70. The van der Waals surface area contributed by atoms with Gasteiger partial charge in [0.25, 0.3) is 0 Å². The smallest absolute Gasteiger partial charge is 0.347 e. The predicted molar refractivity (Wildman–Crippen MR) is 74.5 cm³/mol. The van der Waals surface area contributed by atoms with Crippen molar-refractivity contribution < 1.29 is 4.74 Å². The topological polar surface area (TPSA) is 67.9 Å². The summed E-state index contributed by atoms with van der Waals surface area (Å²) < 4.78 is 7.13. The fraction of sp³-hybridized carbons (Fsp3) is 0.267. The Hall–Kier alpha value is -2.61. The van der Waals surface area contributed by atoms with Crippen LogP contribution in [0.2, 0.25) is 0 Å². The van der Waals surface area contributed by atoms with E-state index in [4.69, 9.17) is 10.00 Å². The van der Waals surface area contributed by atoms with Gasteiger partial charge in [-0.2, -0.15) is 5.26 Å². The van der Waals surface area contributed by atoms with Crippen LogP contribution >= 0.6 is 0 Å². The van der Waals surface area contributed by atoms with Crippen LogP contribution in [0.3, 0.4) is 0 Å². The molecule has 0 atom stereocenters. The van der Waals surface area contributed by atoms with E-state index in [2.05, 4.69) is 11.1 Å². The summed E-state index contributed by atoms with van der Waals surface area (Å²) in [6.45, 7) is 2.88. The van der Waals surface area contributed by atoms with Gasteiger partial charge < -0.3 is 4.74 Å². The van der Waals surface area contributed by atoms with E-state index in [0.717, 1.165) is 5.56 Å². The lowest BCUT2D eigenvalue weighted by molar-refractivity contribution is 0.299. The number of para-hydroxylation sites is 1. The minimum absolute atomic E-state index is 0.256. The average molecular weight is 269 g/mol. The maximum Gasteiger partial charge on any atom is 0.347 e. The highest BCUT2D eigenvalue weighted by Gasteiger charge is 2.02. The van der Waals surface area contributed by atoms with Crippen LogP contribution in [-0.4, -0.2) is 16.2 Å². The third kappa shape index (κ3) is 3.45. The van der Waals surface area contributed by atoms with E-state index in [1.807, 2.05) is 13.0 Å². The zero-order chi connectivity index (χ0) is 14.4. The molecule has 1 heterocycles. The zero-order valence-corrected chi connectivity index (χ0v) is 11.2. The highest BCUT2D eigenvalue weighted by atomic mass is 16.5. The standard InChI is InChI=1S/C15H15N3O2/c1-12-10-17-15(19)18(11-12)7-4-8-20-14-6-3-2-5-13(14)9-16/h2-3,5-6,10-11H,4,7-8H2,1H3. The molecule has 0 bridgehead atoms. The Morgan fingerprint density at radius 1 is 1.40 bits per heavy atom. The number of aromatic nitrogens is 2. The number of benzene rings is 1. The maximum atomic E-state index is 11.5. The van der Waals surface area contributed by atoms with E-state index in [9.17, 15) is 4.79 Å². The number of hydrogen-bond donors (Lipinski definition) is 0. The van der Waals surface area contributed by atoms with Crippen LogP contribution < -0.4 is 10.4 Å². The fourth-order valence-electron chi connectivity index (χ4n) is 1.83. The Kier molecular flexibility index (Phi) is 4.51. The molecule has 0 aliphatic rings. The molecule has 0 radical (unpaired) electrons. The number of rotatable bonds is 5. The molecule has 1 aromatic heterocycles. The van der Waals surface area contributed by atoms with Gasteiger partial charge in [0.2, 0.25) is 0 Å². The molecule has 0 N–H and O–H groups in total. The molecule has 0 saturated heterocycles. The molecule has 0 aliphatic heterocycles. The molecular weight excluding hydrogens is 254 g/mol. The molecule has 0 saturated carbocycles. The summed E-state index contributed by atoms with van der Waals surface area (Å²) in [5, 5.41) is 8.94.